The van der Waals surface area contributed by atoms with Crippen molar-refractivity contribution < 1.29 is 19.1 Å². The van der Waals surface area contributed by atoms with Gasteiger partial charge in [0.25, 0.3) is 0 Å². The molecule has 10 nitrogen and oxygen atoms in total. The van der Waals surface area contributed by atoms with Crippen molar-refractivity contribution in [2.45, 2.75) is 57.5 Å². The first-order chi connectivity index (χ1) is 25.4. The third-order valence-electron chi connectivity index (χ3n) is 9.47. The van der Waals surface area contributed by atoms with Crippen LogP contribution < -0.4 is 15.4 Å². The fourth-order valence-electron chi connectivity index (χ4n) is 6.39. The van der Waals surface area contributed by atoms with Crippen LogP contribution in [0.3, 0.4) is 0 Å². The van der Waals surface area contributed by atoms with Crippen LogP contribution in [0, 0.1) is 5.92 Å². The molecule has 4 aromatic carbocycles. The molecule has 0 radical (unpaired) electrons. The van der Waals surface area contributed by atoms with E-state index in [1.54, 1.807) is 13.2 Å². The maximum Gasteiger partial charge on any atom is 0.318 e. The number of H-pyrrole nitrogens is 1. The van der Waals surface area contributed by atoms with E-state index in [4.69, 9.17) is 4.74 Å². The summed E-state index contributed by atoms with van der Waals surface area (Å²) in [5.74, 6) is 0.395. The third-order valence-corrected chi connectivity index (χ3v) is 9.47. The molecular weight excluding hydrogens is 653 g/mol. The van der Waals surface area contributed by atoms with Gasteiger partial charge in [-0.1, -0.05) is 110 Å². The smallest absolute Gasteiger partial charge is 0.318 e. The molecule has 52 heavy (non-hydrogen) atoms. The monoisotopic (exact) mass is 698 g/mol. The Balaban J connectivity index is 1.21. The van der Waals surface area contributed by atoms with E-state index >= 15 is 0 Å². The Morgan fingerprint density at radius 1 is 0.808 bits per heavy atom. The molecule has 0 saturated heterocycles. The molecule has 0 aliphatic heterocycles. The zero-order chi connectivity index (χ0) is 36.1. The highest BCUT2D eigenvalue weighted by Crippen LogP contribution is 2.37. The quantitative estimate of drug-likeness (QED) is 0.110. The predicted octanol–water partition coefficient (Wildman–Crippen LogP) is 6.43. The number of nitrogens with one attached hydrogen (secondary N) is 3. The van der Waals surface area contributed by atoms with E-state index in [2.05, 4.69) is 20.6 Å². The van der Waals surface area contributed by atoms with E-state index in [0.717, 1.165) is 41.5 Å². The van der Waals surface area contributed by atoms with Gasteiger partial charge in [0, 0.05) is 38.4 Å². The van der Waals surface area contributed by atoms with Gasteiger partial charge in [0.15, 0.2) is 0 Å². The summed E-state index contributed by atoms with van der Waals surface area (Å²) in [5.41, 5.74) is 4.58. The second-order valence-electron chi connectivity index (χ2n) is 13.4. The van der Waals surface area contributed by atoms with Gasteiger partial charge in [-0.15, -0.1) is 0 Å². The molecular formula is C42H46N6O4. The molecule has 4 amide bonds. The number of nitrogens with zero attached hydrogens (tertiary/aromatic N) is 3. The number of rotatable bonds is 16. The molecule has 2 unspecified atom stereocenters. The van der Waals surface area contributed by atoms with Crippen LogP contribution in [0.25, 0.3) is 0 Å². The van der Waals surface area contributed by atoms with Gasteiger partial charge in [-0.25, -0.2) is 9.78 Å². The average Bonchev–Trinajstić information content (AvgIpc) is 3.67. The van der Waals surface area contributed by atoms with Crippen molar-refractivity contribution in [2.75, 3.05) is 13.6 Å². The average molecular weight is 699 g/mol. The highest BCUT2D eigenvalue weighted by atomic mass is 16.5. The first kappa shape index (κ1) is 35.9. The normalized spacial score (nSPS) is 13.6. The van der Waals surface area contributed by atoms with Crippen LogP contribution in [0.15, 0.2) is 128 Å². The van der Waals surface area contributed by atoms with Crippen molar-refractivity contribution in [2.24, 2.45) is 5.92 Å². The lowest BCUT2D eigenvalue weighted by atomic mass is 9.77. The Morgan fingerprint density at radius 3 is 2.06 bits per heavy atom. The zero-order valence-electron chi connectivity index (χ0n) is 29.5. The Hall–Kier alpha value is -5.90. The molecule has 0 bridgehead atoms. The largest absolute Gasteiger partial charge is 0.489 e. The summed E-state index contributed by atoms with van der Waals surface area (Å²) in [7, 11) is 1.69. The number of urea groups is 1. The Bertz CT molecular complexity index is 1850. The van der Waals surface area contributed by atoms with Gasteiger partial charge in [-0.2, -0.15) is 0 Å². The summed E-state index contributed by atoms with van der Waals surface area (Å²) in [5, 5.41) is 6.21. The van der Waals surface area contributed by atoms with E-state index in [9.17, 15) is 14.4 Å². The number of hydrogen-bond acceptors (Lipinski definition) is 5. The van der Waals surface area contributed by atoms with E-state index in [-0.39, 0.29) is 37.4 Å². The lowest BCUT2D eigenvalue weighted by molar-refractivity contribution is -0.138. The number of aromatic amines is 1. The van der Waals surface area contributed by atoms with Crippen LogP contribution >= 0.6 is 0 Å². The standard InChI is InChI=1S/C42H46N6O4/c1-47(26-31-12-5-2-6-13-31)42(51)45-38(24-36-25-43-30-44-36)41(50)48(27-32-20-22-37(23-21-32)52-29-33-14-7-3-8-15-33)28-39(49)46-40(35-18-11-19-35)34-16-9-4-10-17-34/h2-10,12-17,20-23,25,30,35,38,40H,11,18-19,24,26-29H2,1H3,(H,43,44)(H,45,51)(H,46,49). The number of ether oxygens (including phenoxy) is 1. The molecule has 1 fully saturated rings. The second-order valence-corrected chi connectivity index (χ2v) is 13.4. The third kappa shape index (κ3) is 10.1. The molecule has 1 aliphatic rings. The van der Waals surface area contributed by atoms with Gasteiger partial charge >= 0.3 is 6.03 Å². The number of hydrogen-bond donors (Lipinski definition) is 3. The minimum atomic E-state index is -0.969. The number of benzene rings is 4. The van der Waals surface area contributed by atoms with Crippen LogP contribution in [0.4, 0.5) is 4.79 Å². The Morgan fingerprint density at radius 2 is 1.44 bits per heavy atom. The SMILES string of the molecule is CN(Cc1ccccc1)C(=O)NC(Cc1cnc[nH]1)C(=O)N(CC(=O)NC(c1ccccc1)C1CCC1)Cc1ccc(OCc2ccccc2)cc1. The lowest BCUT2D eigenvalue weighted by Crippen LogP contribution is -2.54. The highest BCUT2D eigenvalue weighted by molar-refractivity contribution is 5.90. The predicted molar refractivity (Wildman–Crippen MR) is 200 cm³/mol. The summed E-state index contributed by atoms with van der Waals surface area (Å²) in [6.07, 6.45) is 6.55. The lowest BCUT2D eigenvalue weighted by Gasteiger charge is -2.35. The van der Waals surface area contributed by atoms with Crippen LogP contribution in [0.5, 0.6) is 5.75 Å². The minimum Gasteiger partial charge on any atom is -0.489 e. The summed E-state index contributed by atoms with van der Waals surface area (Å²) >= 11 is 0. The first-order valence-electron chi connectivity index (χ1n) is 17.8. The Kier molecular flexibility index (Phi) is 12.3. The highest BCUT2D eigenvalue weighted by Gasteiger charge is 2.33. The fourth-order valence-corrected chi connectivity index (χ4v) is 6.39. The molecule has 268 valence electrons. The first-order valence-corrected chi connectivity index (χ1v) is 17.8. The molecule has 1 aromatic heterocycles. The summed E-state index contributed by atoms with van der Waals surface area (Å²) in [4.78, 5) is 52.2. The number of amides is 4. The van der Waals surface area contributed by atoms with E-state index in [0.29, 0.717) is 30.5 Å². The van der Waals surface area contributed by atoms with Crippen LogP contribution in [0.1, 0.15) is 53.3 Å². The van der Waals surface area contributed by atoms with Crippen molar-refractivity contribution in [3.8, 4) is 5.75 Å². The summed E-state index contributed by atoms with van der Waals surface area (Å²) in [6, 6.07) is 35.6. The van der Waals surface area contributed by atoms with Crippen LogP contribution in [-0.2, 0) is 35.7 Å². The number of imidazole rings is 1. The topological polar surface area (TPSA) is 120 Å². The molecule has 3 N–H and O–H groups in total. The minimum absolute atomic E-state index is 0.146. The van der Waals surface area contributed by atoms with Crippen molar-refractivity contribution in [1.29, 1.82) is 0 Å². The molecule has 2 atom stereocenters. The van der Waals surface area contributed by atoms with Crippen molar-refractivity contribution >= 4 is 17.8 Å². The fraction of sp³-hybridized carbons (Fsp3) is 0.286. The van der Waals surface area contributed by atoms with Crippen LogP contribution in [0.2, 0.25) is 0 Å². The summed E-state index contributed by atoms with van der Waals surface area (Å²) < 4.78 is 5.99. The van der Waals surface area contributed by atoms with Crippen molar-refractivity contribution in [3.05, 3.63) is 156 Å². The van der Waals surface area contributed by atoms with E-state index in [1.165, 1.54) is 16.1 Å². The molecule has 6 rings (SSSR count). The number of carbonyl (C=O) groups is 3. The molecule has 1 saturated carbocycles. The maximum absolute atomic E-state index is 14.6. The van der Waals surface area contributed by atoms with Gasteiger partial charge in [-0.05, 0) is 53.1 Å². The van der Waals surface area contributed by atoms with Gasteiger partial charge in [0.2, 0.25) is 11.8 Å². The number of carbonyl (C=O) groups excluding carboxylic acids is 3. The number of aromatic nitrogens is 2. The van der Waals surface area contributed by atoms with Crippen molar-refractivity contribution in [3.63, 3.8) is 0 Å². The zero-order valence-corrected chi connectivity index (χ0v) is 29.5. The molecule has 1 aliphatic carbocycles. The van der Waals surface area contributed by atoms with Crippen LogP contribution in [-0.4, -0.2) is 57.2 Å². The van der Waals surface area contributed by atoms with Gasteiger partial charge in [0.1, 0.15) is 18.4 Å². The van der Waals surface area contributed by atoms with E-state index < -0.39 is 12.1 Å². The van der Waals surface area contributed by atoms with Gasteiger partial charge in [0.05, 0.1) is 18.9 Å². The maximum atomic E-state index is 14.6. The molecule has 0 spiro atoms. The second kappa shape index (κ2) is 17.8. The van der Waals surface area contributed by atoms with E-state index in [1.807, 2.05) is 115 Å². The molecule has 5 aromatic rings. The summed E-state index contributed by atoms with van der Waals surface area (Å²) in [6.45, 7) is 0.767. The molecule has 1 heterocycles. The van der Waals surface area contributed by atoms with Gasteiger partial charge < -0.3 is 30.2 Å². The van der Waals surface area contributed by atoms with Gasteiger partial charge in [-0.3, -0.25) is 9.59 Å². The molecule has 10 heteroatoms. The Labute approximate surface area is 305 Å². The van der Waals surface area contributed by atoms with Crippen molar-refractivity contribution in [1.82, 2.24) is 30.4 Å².